The summed E-state index contributed by atoms with van der Waals surface area (Å²) in [7, 11) is 0. The van der Waals surface area contributed by atoms with Crippen LogP contribution in [0.1, 0.15) is 39.7 Å². The van der Waals surface area contributed by atoms with Gasteiger partial charge in [-0.15, -0.1) is 0 Å². The highest BCUT2D eigenvalue weighted by molar-refractivity contribution is 6.04. The predicted molar refractivity (Wildman–Crippen MR) is 80.0 cm³/mol. The van der Waals surface area contributed by atoms with Crippen molar-refractivity contribution in [2.75, 3.05) is 11.1 Å². The van der Waals surface area contributed by atoms with Gasteiger partial charge in [0.05, 0.1) is 5.69 Å². The Morgan fingerprint density at radius 1 is 1.19 bits per heavy atom. The maximum Gasteiger partial charge on any atom is 0.272 e. The summed E-state index contributed by atoms with van der Waals surface area (Å²) in [5, 5.41) is 2.79. The molecule has 1 fully saturated rings. The zero-order valence-corrected chi connectivity index (χ0v) is 11.4. The summed E-state index contributed by atoms with van der Waals surface area (Å²) in [5.74, 6) is -0.714. The first-order valence-electron chi connectivity index (χ1n) is 6.73. The van der Waals surface area contributed by atoms with Crippen molar-refractivity contribution in [1.29, 1.82) is 0 Å². The molecule has 5 N–H and O–H groups in total. The molecule has 1 heterocycles. The molecule has 6 nitrogen and oxygen atoms in total. The lowest BCUT2D eigenvalue weighted by Gasteiger charge is -2.08. The number of aromatic nitrogens is 1. The Labute approximate surface area is 121 Å². The number of rotatable bonds is 4. The van der Waals surface area contributed by atoms with E-state index in [9.17, 15) is 9.59 Å². The number of nitrogen functional groups attached to an aromatic ring is 1. The van der Waals surface area contributed by atoms with Crippen molar-refractivity contribution in [1.82, 2.24) is 4.57 Å². The lowest BCUT2D eigenvalue weighted by Crippen LogP contribution is -2.16. The maximum atomic E-state index is 12.3. The van der Waals surface area contributed by atoms with Crippen molar-refractivity contribution in [2.24, 2.45) is 5.73 Å². The van der Waals surface area contributed by atoms with Crippen LogP contribution in [-0.4, -0.2) is 16.4 Å². The lowest BCUT2D eigenvalue weighted by atomic mass is 10.2. The molecule has 0 radical (unpaired) electrons. The number of primary amides is 1. The third-order valence-corrected chi connectivity index (χ3v) is 3.47. The van der Waals surface area contributed by atoms with Crippen LogP contribution < -0.4 is 16.8 Å². The minimum Gasteiger partial charge on any atom is -0.397 e. The molecule has 0 atom stereocenters. The van der Waals surface area contributed by atoms with Crippen LogP contribution in [0.3, 0.4) is 0 Å². The van der Waals surface area contributed by atoms with E-state index in [2.05, 4.69) is 5.32 Å². The average Bonchev–Trinajstić information content (AvgIpc) is 3.22. The van der Waals surface area contributed by atoms with Gasteiger partial charge < -0.3 is 21.4 Å². The molecule has 3 rings (SSSR count). The van der Waals surface area contributed by atoms with Crippen LogP contribution in [0.5, 0.6) is 0 Å². The Morgan fingerprint density at radius 3 is 2.43 bits per heavy atom. The molecule has 0 saturated heterocycles. The number of nitrogens with one attached hydrogen (secondary N) is 1. The Bertz CT molecular complexity index is 699. The molecule has 2 amide bonds. The van der Waals surface area contributed by atoms with Crippen molar-refractivity contribution >= 4 is 23.2 Å². The number of amides is 2. The summed E-state index contributed by atoms with van der Waals surface area (Å²) < 4.78 is 1.92. The third kappa shape index (κ3) is 2.74. The van der Waals surface area contributed by atoms with Gasteiger partial charge in [-0.25, -0.2) is 0 Å². The fourth-order valence-electron chi connectivity index (χ4n) is 2.25. The van der Waals surface area contributed by atoms with Crippen LogP contribution in [-0.2, 0) is 0 Å². The summed E-state index contributed by atoms with van der Waals surface area (Å²) in [6, 6.07) is 8.49. The molecule has 1 aromatic carbocycles. The number of nitrogens with zero attached hydrogens (tertiary/aromatic N) is 1. The molecule has 0 bridgehead atoms. The fourth-order valence-corrected chi connectivity index (χ4v) is 2.25. The number of benzene rings is 1. The number of anilines is 2. The van der Waals surface area contributed by atoms with Crippen LogP contribution in [0.15, 0.2) is 36.5 Å². The van der Waals surface area contributed by atoms with Gasteiger partial charge in [0.15, 0.2) is 0 Å². The molecule has 1 aliphatic carbocycles. The Kier molecular flexibility index (Phi) is 3.13. The van der Waals surface area contributed by atoms with Crippen molar-refractivity contribution in [2.45, 2.75) is 18.9 Å². The molecule has 0 spiro atoms. The zero-order chi connectivity index (χ0) is 15.0. The predicted octanol–water partition coefficient (Wildman–Crippen LogP) is 1.76. The Hall–Kier alpha value is -2.76. The molecule has 1 aliphatic rings. The van der Waals surface area contributed by atoms with Crippen molar-refractivity contribution < 1.29 is 9.59 Å². The second kappa shape index (κ2) is 4.97. The van der Waals surface area contributed by atoms with Crippen molar-refractivity contribution in [3.05, 3.63) is 47.8 Å². The number of hydrogen-bond donors (Lipinski definition) is 3. The zero-order valence-electron chi connectivity index (χ0n) is 11.4. The summed E-state index contributed by atoms with van der Waals surface area (Å²) in [6.45, 7) is 0. The van der Waals surface area contributed by atoms with Crippen LogP contribution >= 0.6 is 0 Å². The third-order valence-electron chi connectivity index (χ3n) is 3.47. The van der Waals surface area contributed by atoms with E-state index < -0.39 is 5.91 Å². The van der Waals surface area contributed by atoms with Gasteiger partial charge in [-0.3, -0.25) is 9.59 Å². The van der Waals surface area contributed by atoms with Crippen LogP contribution in [0, 0.1) is 0 Å². The number of hydrogen-bond acceptors (Lipinski definition) is 3. The lowest BCUT2D eigenvalue weighted by molar-refractivity contribution is 0.0997. The molecule has 2 aromatic rings. The molecule has 1 aromatic heterocycles. The number of carbonyl (C=O) groups is 2. The van der Waals surface area contributed by atoms with E-state index in [4.69, 9.17) is 11.5 Å². The van der Waals surface area contributed by atoms with E-state index in [1.165, 1.54) is 0 Å². The van der Waals surface area contributed by atoms with Gasteiger partial charge in [-0.2, -0.15) is 0 Å². The van der Waals surface area contributed by atoms with Crippen LogP contribution in [0.2, 0.25) is 0 Å². The first-order valence-corrected chi connectivity index (χ1v) is 6.73. The van der Waals surface area contributed by atoms with Crippen molar-refractivity contribution in [3.63, 3.8) is 0 Å². The molecular weight excluding hydrogens is 268 g/mol. The minimum absolute atomic E-state index is 0.217. The first kappa shape index (κ1) is 13.2. The first-order chi connectivity index (χ1) is 10.0. The van der Waals surface area contributed by atoms with Gasteiger partial charge >= 0.3 is 0 Å². The average molecular weight is 284 g/mol. The summed E-state index contributed by atoms with van der Waals surface area (Å²) in [5.41, 5.74) is 13.1. The number of nitrogens with two attached hydrogens (primary N) is 2. The molecule has 6 heteroatoms. The largest absolute Gasteiger partial charge is 0.397 e. The highest BCUT2D eigenvalue weighted by Gasteiger charge is 2.27. The Balaban J connectivity index is 1.78. The summed E-state index contributed by atoms with van der Waals surface area (Å²) in [6.07, 6.45) is 3.94. The molecular formula is C15H16N4O2. The SMILES string of the molecule is NC(=O)c1ccc(NC(=O)c2cc(N)cn2C2CC2)cc1. The number of carbonyl (C=O) groups excluding carboxylic acids is 2. The van der Waals surface area contributed by atoms with Gasteiger partial charge in [0.25, 0.3) is 5.91 Å². The Morgan fingerprint density at radius 2 is 1.86 bits per heavy atom. The smallest absolute Gasteiger partial charge is 0.272 e. The standard InChI is InChI=1S/C15H16N4O2/c16-10-7-13(19(8-10)12-5-6-12)15(21)18-11-3-1-9(2-4-11)14(17)20/h1-4,7-8,12H,5-6,16H2,(H2,17,20)(H,18,21). The van der Waals surface area contributed by atoms with Gasteiger partial charge in [0.2, 0.25) is 5.91 Å². The molecule has 1 saturated carbocycles. The monoisotopic (exact) mass is 284 g/mol. The second-order valence-corrected chi connectivity index (χ2v) is 5.19. The van der Waals surface area contributed by atoms with E-state index >= 15 is 0 Å². The van der Waals surface area contributed by atoms with E-state index in [1.54, 1.807) is 36.5 Å². The molecule has 0 unspecified atom stereocenters. The maximum absolute atomic E-state index is 12.3. The fraction of sp³-hybridized carbons (Fsp3) is 0.200. The van der Waals surface area contributed by atoms with Crippen LogP contribution in [0.4, 0.5) is 11.4 Å². The van der Waals surface area contributed by atoms with E-state index in [0.29, 0.717) is 28.7 Å². The highest BCUT2D eigenvalue weighted by Crippen LogP contribution is 2.37. The van der Waals surface area contributed by atoms with Crippen LogP contribution in [0.25, 0.3) is 0 Å². The van der Waals surface area contributed by atoms with E-state index in [1.807, 2.05) is 4.57 Å². The van der Waals surface area contributed by atoms with E-state index in [-0.39, 0.29) is 5.91 Å². The molecule has 108 valence electrons. The highest BCUT2D eigenvalue weighted by atomic mass is 16.2. The second-order valence-electron chi connectivity index (χ2n) is 5.19. The summed E-state index contributed by atoms with van der Waals surface area (Å²) >= 11 is 0. The topological polar surface area (TPSA) is 103 Å². The van der Waals surface area contributed by atoms with Gasteiger partial charge in [-0.1, -0.05) is 0 Å². The summed E-state index contributed by atoms with van der Waals surface area (Å²) in [4.78, 5) is 23.3. The van der Waals surface area contributed by atoms with Gasteiger partial charge in [0.1, 0.15) is 5.69 Å². The van der Waals surface area contributed by atoms with Gasteiger partial charge in [0, 0.05) is 23.5 Å². The minimum atomic E-state index is -0.497. The molecule has 21 heavy (non-hydrogen) atoms. The van der Waals surface area contributed by atoms with Crippen molar-refractivity contribution in [3.8, 4) is 0 Å². The van der Waals surface area contributed by atoms with Gasteiger partial charge in [-0.05, 0) is 43.2 Å². The quantitative estimate of drug-likeness (QED) is 0.796. The molecule has 0 aliphatic heterocycles. The van der Waals surface area contributed by atoms with E-state index in [0.717, 1.165) is 12.8 Å². The normalized spacial score (nSPS) is 13.9.